The van der Waals surface area contributed by atoms with Gasteiger partial charge < -0.3 is 14.5 Å². The molecule has 0 aliphatic carbocycles. The van der Waals surface area contributed by atoms with Gasteiger partial charge in [-0.05, 0) is 24.3 Å². The third-order valence-electron chi connectivity index (χ3n) is 6.59. The minimum atomic E-state index is -0.141. The fraction of sp³-hybridized carbons (Fsp3) is 0.143. The first kappa shape index (κ1) is 18.2. The molecule has 152 valence electrons. The van der Waals surface area contributed by atoms with Gasteiger partial charge in [-0.2, -0.15) is 0 Å². The van der Waals surface area contributed by atoms with E-state index in [1.807, 2.05) is 0 Å². The van der Waals surface area contributed by atoms with Gasteiger partial charge in [0.05, 0.1) is 0 Å². The quantitative estimate of drug-likeness (QED) is 0.368. The SMILES string of the molecule is CN1c2ccccc2C(OC2c3ccccc3N(C)c3ccccc32)c2ccccc21. The number of rotatable bonds is 2. The molecule has 0 fully saturated rings. The lowest BCUT2D eigenvalue weighted by Gasteiger charge is -2.40. The topological polar surface area (TPSA) is 15.7 Å². The van der Waals surface area contributed by atoms with E-state index in [1.165, 1.54) is 45.0 Å². The van der Waals surface area contributed by atoms with Gasteiger partial charge in [0.25, 0.3) is 0 Å². The fourth-order valence-electron chi connectivity index (χ4n) is 5.08. The van der Waals surface area contributed by atoms with E-state index in [-0.39, 0.29) is 12.2 Å². The second-order valence-corrected chi connectivity index (χ2v) is 8.25. The Hall–Kier alpha value is -3.56. The maximum Gasteiger partial charge on any atom is 0.113 e. The van der Waals surface area contributed by atoms with Gasteiger partial charge >= 0.3 is 0 Å². The number of hydrogen-bond donors (Lipinski definition) is 0. The van der Waals surface area contributed by atoms with Crippen LogP contribution in [0.3, 0.4) is 0 Å². The Morgan fingerprint density at radius 1 is 0.452 bits per heavy atom. The molecular formula is C28H24N2O. The Balaban J connectivity index is 1.53. The lowest BCUT2D eigenvalue weighted by Crippen LogP contribution is -2.27. The highest BCUT2D eigenvalue weighted by Gasteiger charge is 2.35. The number of ether oxygens (including phenoxy) is 1. The highest BCUT2D eigenvalue weighted by Crippen LogP contribution is 2.51. The van der Waals surface area contributed by atoms with Gasteiger partial charge in [-0.3, -0.25) is 0 Å². The van der Waals surface area contributed by atoms with Crippen molar-refractivity contribution in [3.63, 3.8) is 0 Å². The molecule has 0 aromatic heterocycles. The molecular weight excluding hydrogens is 380 g/mol. The van der Waals surface area contributed by atoms with Crippen molar-refractivity contribution in [2.45, 2.75) is 12.2 Å². The molecule has 4 aromatic carbocycles. The predicted molar refractivity (Wildman–Crippen MR) is 127 cm³/mol. The van der Waals surface area contributed by atoms with Crippen LogP contribution in [-0.4, -0.2) is 14.1 Å². The van der Waals surface area contributed by atoms with E-state index in [0.29, 0.717) is 0 Å². The lowest BCUT2D eigenvalue weighted by molar-refractivity contribution is 0.0303. The fourth-order valence-corrected chi connectivity index (χ4v) is 5.08. The molecule has 31 heavy (non-hydrogen) atoms. The Morgan fingerprint density at radius 2 is 0.710 bits per heavy atom. The standard InChI is InChI=1S/C28H24N2O/c1-29-23-15-7-3-11-19(23)27(20-12-4-8-16-24(20)29)31-28-21-13-5-9-17-25(21)30(2)26-18-10-6-14-22(26)28/h3-18,27-28H,1-2H3. The molecule has 3 heteroatoms. The van der Waals surface area contributed by atoms with Crippen molar-refractivity contribution in [1.82, 2.24) is 0 Å². The maximum absolute atomic E-state index is 7.08. The Morgan fingerprint density at radius 3 is 1.00 bits per heavy atom. The molecule has 0 saturated carbocycles. The second kappa shape index (κ2) is 7.00. The minimum absolute atomic E-state index is 0.141. The second-order valence-electron chi connectivity index (χ2n) is 8.25. The number of hydrogen-bond acceptors (Lipinski definition) is 3. The third kappa shape index (κ3) is 2.70. The van der Waals surface area contributed by atoms with Crippen molar-refractivity contribution >= 4 is 22.7 Å². The molecule has 0 saturated heterocycles. The summed E-state index contributed by atoms with van der Waals surface area (Å²) in [7, 11) is 4.27. The average molecular weight is 405 g/mol. The number of para-hydroxylation sites is 4. The first-order valence-corrected chi connectivity index (χ1v) is 10.7. The molecule has 6 rings (SSSR count). The van der Waals surface area contributed by atoms with Crippen LogP contribution in [0.4, 0.5) is 22.7 Å². The smallest absolute Gasteiger partial charge is 0.113 e. The summed E-state index contributed by atoms with van der Waals surface area (Å²) in [4.78, 5) is 4.53. The van der Waals surface area contributed by atoms with E-state index in [4.69, 9.17) is 4.74 Å². The van der Waals surface area contributed by atoms with Gasteiger partial charge in [-0.1, -0.05) is 72.8 Å². The third-order valence-corrected chi connectivity index (χ3v) is 6.59. The monoisotopic (exact) mass is 404 g/mol. The first-order chi connectivity index (χ1) is 15.2. The van der Waals surface area contributed by atoms with Crippen LogP contribution in [0, 0.1) is 0 Å². The van der Waals surface area contributed by atoms with Crippen LogP contribution in [0.2, 0.25) is 0 Å². The lowest BCUT2D eigenvalue weighted by atomic mass is 9.90. The molecule has 4 aromatic rings. The van der Waals surface area contributed by atoms with E-state index in [2.05, 4.69) is 121 Å². The molecule has 3 nitrogen and oxygen atoms in total. The number of fused-ring (bicyclic) bond motifs is 4. The van der Waals surface area contributed by atoms with Gasteiger partial charge in [0.15, 0.2) is 0 Å². The van der Waals surface area contributed by atoms with E-state index in [1.54, 1.807) is 0 Å². The first-order valence-electron chi connectivity index (χ1n) is 10.7. The zero-order valence-electron chi connectivity index (χ0n) is 17.7. The molecule has 0 spiro atoms. The Bertz CT molecular complexity index is 1090. The van der Waals surface area contributed by atoms with Crippen molar-refractivity contribution in [2.24, 2.45) is 0 Å². The Labute approximate surface area is 183 Å². The molecule has 2 heterocycles. The summed E-state index contributed by atoms with van der Waals surface area (Å²) in [5, 5.41) is 0. The molecule has 0 amide bonds. The predicted octanol–water partition coefficient (Wildman–Crippen LogP) is 6.74. The summed E-state index contributed by atoms with van der Waals surface area (Å²) in [6.45, 7) is 0. The summed E-state index contributed by atoms with van der Waals surface area (Å²) in [6, 6.07) is 34.3. The summed E-state index contributed by atoms with van der Waals surface area (Å²) < 4.78 is 7.08. The molecule has 0 bridgehead atoms. The molecule has 0 N–H and O–H groups in total. The van der Waals surface area contributed by atoms with Crippen molar-refractivity contribution in [3.05, 3.63) is 119 Å². The molecule has 0 radical (unpaired) electrons. The van der Waals surface area contributed by atoms with Gasteiger partial charge in [-0.25, -0.2) is 0 Å². The van der Waals surface area contributed by atoms with Crippen LogP contribution in [0.25, 0.3) is 0 Å². The molecule has 2 aliphatic heterocycles. The van der Waals surface area contributed by atoms with Crippen LogP contribution in [0.5, 0.6) is 0 Å². The summed E-state index contributed by atoms with van der Waals surface area (Å²) in [5.74, 6) is 0. The van der Waals surface area contributed by atoms with Gasteiger partial charge in [0.1, 0.15) is 12.2 Å². The van der Waals surface area contributed by atoms with Gasteiger partial charge in [0, 0.05) is 59.1 Å². The molecule has 0 unspecified atom stereocenters. The van der Waals surface area contributed by atoms with Crippen LogP contribution in [-0.2, 0) is 4.74 Å². The summed E-state index contributed by atoms with van der Waals surface area (Å²) in [5.41, 5.74) is 9.60. The largest absolute Gasteiger partial charge is 0.356 e. The van der Waals surface area contributed by atoms with Crippen LogP contribution >= 0.6 is 0 Å². The van der Waals surface area contributed by atoms with Crippen LogP contribution < -0.4 is 9.80 Å². The van der Waals surface area contributed by atoms with Crippen molar-refractivity contribution in [3.8, 4) is 0 Å². The summed E-state index contributed by atoms with van der Waals surface area (Å²) >= 11 is 0. The van der Waals surface area contributed by atoms with Crippen molar-refractivity contribution < 1.29 is 4.74 Å². The highest BCUT2D eigenvalue weighted by atomic mass is 16.5. The zero-order valence-corrected chi connectivity index (χ0v) is 17.7. The maximum atomic E-state index is 7.08. The van der Waals surface area contributed by atoms with Crippen LogP contribution in [0.1, 0.15) is 34.5 Å². The molecule has 2 aliphatic rings. The minimum Gasteiger partial charge on any atom is -0.356 e. The van der Waals surface area contributed by atoms with Crippen molar-refractivity contribution in [1.29, 1.82) is 0 Å². The number of nitrogens with zero attached hydrogens (tertiary/aromatic N) is 2. The van der Waals surface area contributed by atoms with Crippen LogP contribution in [0.15, 0.2) is 97.1 Å². The number of benzene rings is 4. The van der Waals surface area contributed by atoms with Gasteiger partial charge in [-0.15, -0.1) is 0 Å². The average Bonchev–Trinajstić information content (AvgIpc) is 2.84. The highest BCUT2D eigenvalue weighted by molar-refractivity contribution is 5.77. The van der Waals surface area contributed by atoms with E-state index >= 15 is 0 Å². The molecule has 0 atom stereocenters. The van der Waals surface area contributed by atoms with E-state index < -0.39 is 0 Å². The van der Waals surface area contributed by atoms with Crippen molar-refractivity contribution in [2.75, 3.05) is 23.9 Å². The summed E-state index contributed by atoms with van der Waals surface area (Å²) in [6.07, 6.45) is -0.281. The number of anilines is 4. The van der Waals surface area contributed by atoms with E-state index in [0.717, 1.165) is 0 Å². The zero-order chi connectivity index (χ0) is 20.9. The normalized spacial score (nSPS) is 15.2. The van der Waals surface area contributed by atoms with E-state index in [9.17, 15) is 0 Å². The Kier molecular flexibility index (Phi) is 4.12. The van der Waals surface area contributed by atoms with Gasteiger partial charge in [0.2, 0.25) is 0 Å².